The van der Waals surface area contributed by atoms with E-state index < -0.39 is 27.7 Å². The summed E-state index contributed by atoms with van der Waals surface area (Å²) in [6.07, 6.45) is -2.54. The highest BCUT2D eigenvalue weighted by atomic mass is 32.2. The van der Waals surface area contributed by atoms with Gasteiger partial charge in [-0.3, -0.25) is 9.59 Å². The van der Waals surface area contributed by atoms with Crippen LogP contribution in [0.2, 0.25) is 0 Å². The molecule has 36 heavy (non-hydrogen) atoms. The van der Waals surface area contributed by atoms with Crippen LogP contribution >= 0.6 is 11.8 Å². The van der Waals surface area contributed by atoms with Crippen molar-refractivity contribution in [1.82, 2.24) is 14.9 Å². The third-order valence-corrected chi connectivity index (χ3v) is 9.55. The lowest BCUT2D eigenvalue weighted by atomic mass is 10.1. The highest BCUT2D eigenvalue weighted by Crippen LogP contribution is 2.43. The summed E-state index contributed by atoms with van der Waals surface area (Å²) in [4.78, 5) is 24.0. The quantitative estimate of drug-likeness (QED) is 0.526. The minimum Gasteiger partial charge on any atom is -0.348 e. The first-order valence-corrected chi connectivity index (χ1v) is 13.5. The molecule has 3 unspecified atom stereocenters. The second kappa shape index (κ2) is 10.3. The molecular weight excluding hydrogens is 515 g/mol. The van der Waals surface area contributed by atoms with Gasteiger partial charge < -0.3 is 10.6 Å². The predicted molar refractivity (Wildman–Crippen MR) is 129 cm³/mol. The molecule has 2 fully saturated rings. The number of sulfonamides is 1. The van der Waals surface area contributed by atoms with E-state index in [1.165, 1.54) is 46.8 Å². The maximum atomic E-state index is 13.1. The van der Waals surface area contributed by atoms with Gasteiger partial charge in [-0.25, -0.2) is 8.42 Å². The van der Waals surface area contributed by atoms with Crippen molar-refractivity contribution in [2.24, 2.45) is 5.92 Å². The third-order valence-electron chi connectivity index (χ3n) is 6.18. The van der Waals surface area contributed by atoms with E-state index in [2.05, 4.69) is 17.2 Å². The maximum absolute atomic E-state index is 13.1. The molecule has 192 valence electrons. The van der Waals surface area contributed by atoms with Crippen LogP contribution in [0.3, 0.4) is 0 Å². The number of carbonyl (C=O) groups excluding carboxylic acids is 2. The molecule has 0 aliphatic carbocycles. The fourth-order valence-electron chi connectivity index (χ4n) is 4.26. The Morgan fingerprint density at radius 1 is 1.08 bits per heavy atom. The van der Waals surface area contributed by atoms with E-state index >= 15 is 0 Å². The summed E-state index contributed by atoms with van der Waals surface area (Å²) >= 11 is 1.56. The van der Waals surface area contributed by atoms with Gasteiger partial charge in [0, 0.05) is 30.4 Å². The number of rotatable bonds is 7. The second-order valence-electron chi connectivity index (χ2n) is 8.60. The average molecular weight is 540 g/mol. The van der Waals surface area contributed by atoms with Crippen LogP contribution in [0.5, 0.6) is 0 Å². The summed E-state index contributed by atoms with van der Waals surface area (Å²) in [6, 6.07) is 10.0. The van der Waals surface area contributed by atoms with E-state index in [-0.39, 0.29) is 39.5 Å². The summed E-state index contributed by atoms with van der Waals surface area (Å²) in [7, 11) is -3.75. The molecule has 2 aliphatic heterocycles. The molecule has 3 atom stereocenters. The minimum absolute atomic E-state index is 0.0273. The zero-order chi connectivity index (χ0) is 26.1. The fraction of sp³-hybridized carbons (Fsp3) is 0.333. The number of fused-ring (bicyclic) bond motifs is 1. The summed E-state index contributed by atoms with van der Waals surface area (Å²) in [5.74, 6) is -0.589. The Labute approximate surface area is 211 Å². The van der Waals surface area contributed by atoms with Gasteiger partial charge in [0.15, 0.2) is 0 Å². The first kappa shape index (κ1) is 26.2. The van der Waals surface area contributed by atoms with E-state index in [0.29, 0.717) is 25.1 Å². The van der Waals surface area contributed by atoms with Crippen molar-refractivity contribution in [1.29, 1.82) is 0 Å². The number of hydrogen-bond donors (Lipinski definition) is 2. The van der Waals surface area contributed by atoms with E-state index in [9.17, 15) is 31.2 Å². The van der Waals surface area contributed by atoms with Gasteiger partial charge in [-0.2, -0.15) is 17.5 Å². The van der Waals surface area contributed by atoms with Crippen molar-refractivity contribution < 1.29 is 31.2 Å². The van der Waals surface area contributed by atoms with Gasteiger partial charge in [0.1, 0.15) is 0 Å². The van der Waals surface area contributed by atoms with Gasteiger partial charge in [-0.05, 0) is 60.4 Å². The van der Waals surface area contributed by atoms with Crippen LogP contribution in [0.25, 0.3) is 0 Å². The molecule has 2 N–H and O–H groups in total. The largest absolute Gasteiger partial charge is 0.416 e. The molecule has 0 aromatic heterocycles. The van der Waals surface area contributed by atoms with Crippen LogP contribution in [0.1, 0.15) is 27.9 Å². The minimum atomic E-state index is -4.43. The zero-order valence-electron chi connectivity index (χ0n) is 19.0. The van der Waals surface area contributed by atoms with E-state index in [4.69, 9.17) is 0 Å². The smallest absolute Gasteiger partial charge is 0.348 e. The number of halogens is 3. The summed E-state index contributed by atoms with van der Waals surface area (Å²) in [5.41, 5.74) is -0.0383. The SMILES string of the molecule is C=CC(=O)NC1CC2CN(S(=O)(=O)c3ccc(C(=O)NCc4ccc(C(F)(F)F)cc4)cc3)CC2S1. The predicted octanol–water partition coefficient (Wildman–Crippen LogP) is 3.39. The van der Waals surface area contributed by atoms with Crippen LogP contribution in [0, 0.1) is 5.92 Å². The van der Waals surface area contributed by atoms with Crippen molar-refractivity contribution in [2.45, 2.75) is 34.7 Å². The lowest BCUT2D eigenvalue weighted by Gasteiger charge is -2.19. The molecular formula is C24H24F3N3O4S2. The van der Waals surface area contributed by atoms with Crippen LogP contribution in [0.15, 0.2) is 66.1 Å². The van der Waals surface area contributed by atoms with Crippen molar-refractivity contribution in [3.63, 3.8) is 0 Å². The first-order chi connectivity index (χ1) is 17.0. The standard InChI is InChI=1S/C24H24F3N3O4S2/c1-2-21(31)29-22-11-17-13-30(14-20(17)35-22)36(33,34)19-9-5-16(6-10-19)23(32)28-12-15-3-7-18(8-4-15)24(25,26)27/h2-10,17,20,22H,1,11-14H2,(H,28,32)(H,29,31). The number of carbonyl (C=O) groups is 2. The topological polar surface area (TPSA) is 95.6 Å². The Kier molecular flexibility index (Phi) is 7.48. The number of nitrogens with zero attached hydrogens (tertiary/aromatic N) is 1. The average Bonchev–Trinajstić information content (AvgIpc) is 3.41. The zero-order valence-corrected chi connectivity index (χ0v) is 20.6. The van der Waals surface area contributed by atoms with Crippen LogP contribution in [0.4, 0.5) is 13.2 Å². The van der Waals surface area contributed by atoms with Crippen molar-refractivity contribution in [3.05, 3.63) is 77.9 Å². The molecule has 0 bridgehead atoms. The first-order valence-electron chi connectivity index (χ1n) is 11.1. The van der Waals surface area contributed by atoms with Gasteiger partial charge >= 0.3 is 6.18 Å². The lowest BCUT2D eigenvalue weighted by molar-refractivity contribution is -0.137. The maximum Gasteiger partial charge on any atom is 0.416 e. The summed E-state index contributed by atoms with van der Waals surface area (Å²) < 4.78 is 65.7. The number of hydrogen-bond acceptors (Lipinski definition) is 5. The normalized spacial score (nSPS) is 22.1. The monoisotopic (exact) mass is 539 g/mol. The summed E-state index contributed by atoms with van der Waals surface area (Å²) in [5, 5.41) is 5.49. The number of alkyl halides is 3. The van der Waals surface area contributed by atoms with E-state index in [1.54, 1.807) is 11.8 Å². The van der Waals surface area contributed by atoms with Crippen LogP contribution in [-0.4, -0.2) is 48.3 Å². The molecule has 2 aromatic carbocycles. The Morgan fingerprint density at radius 3 is 2.33 bits per heavy atom. The molecule has 4 rings (SSSR count). The molecule has 2 saturated heterocycles. The van der Waals surface area contributed by atoms with Crippen molar-refractivity contribution in [3.8, 4) is 0 Å². The number of benzene rings is 2. The van der Waals surface area contributed by atoms with Crippen molar-refractivity contribution >= 4 is 33.6 Å². The Bertz CT molecular complexity index is 1230. The molecule has 0 saturated carbocycles. The van der Waals surface area contributed by atoms with Gasteiger partial charge in [-0.1, -0.05) is 18.7 Å². The molecule has 0 radical (unpaired) electrons. The van der Waals surface area contributed by atoms with E-state index in [1.807, 2.05) is 0 Å². The van der Waals surface area contributed by atoms with Gasteiger partial charge in [0.25, 0.3) is 5.91 Å². The van der Waals surface area contributed by atoms with Gasteiger partial charge in [-0.15, -0.1) is 11.8 Å². The fourth-order valence-corrected chi connectivity index (χ4v) is 7.52. The molecule has 7 nitrogen and oxygen atoms in total. The van der Waals surface area contributed by atoms with E-state index in [0.717, 1.165) is 12.1 Å². The van der Waals surface area contributed by atoms with Gasteiger partial charge in [0.05, 0.1) is 15.8 Å². The Hall–Kier alpha value is -2.83. The number of nitrogens with one attached hydrogen (secondary N) is 2. The highest BCUT2D eigenvalue weighted by molar-refractivity contribution is 8.00. The molecule has 2 amide bonds. The van der Waals surface area contributed by atoms with Gasteiger partial charge in [0.2, 0.25) is 15.9 Å². The molecule has 0 spiro atoms. The summed E-state index contributed by atoms with van der Waals surface area (Å²) in [6.45, 7) is 4.16. The van der Waals surface area contributed by atoms with Crippen molar-refractivity contribution in [2.75, 3.05) is 13.1 Å². The van der Waals surface area contributed by atoms with Crippen LogP contribution in [-0.2, 0) is 27.5 Å². The third kappa shape index (κ3) is 5.76. The molecule has 2 aromatic rings. The molecule has 12 heteroatoms. The molecule has 2 aliphatic rings. The lowest BCUT2D eigenvalue weighted by Crippen LogP contribution is -2.33. The second-order valence-corrected chi connectivity index (χ2v) is 12.0. The van der Waals surface area contributed by atoms with Crippen LogP contribution < -0.4 is 10.6 Å². The highest BCUT2D eigenvalue weighted by Gasteiger charge is 2.45. The Morgan fingerprint density at radius 2 is 1.75 bits per heavy atom. The Balaban J connectivity index is 1.33. The molecule has 2 heterocycles. The number of amides is 2. The number of thioether (sulfide) groups is 1.